The van der Waals surface area contributed by atoms with Crippen LogP contribution in [0, 0.1) is 0 Å². The minimum Gasteiger partial charge on any atom is -0.462 e. The molecule has 0 N–H and O–H groups in total. The molecule has 428 valence electrons. The number of unbranched alkanes of at least 4 members (excludes halogenated alkanes) is 35. The number of ether oxygens (including phenoxy) is 3. The molecule has 74 heavy (non-hydrogen) atoms. The molecule has 0 amide bonds. The maximum atomic E-state index is 12.9. The van der Waals surface area contributed by atoms with Crippen LogP contribution in [0.5, 0.6) is 0 Å². The van der Waals surface area contributed by atoms with E-state index in [2.05, 4.69) is 93.7 Å². The Kier molecular flexibility index (Phi) is 59.7. The molecular weight excluding hydrogens is 913 g/mol. The summed E-state index contributed by atoms with van der Waals surface area (Å²) >= 11 is 0. The third-order valence-electron chi connectivity index (χ3n) is 13.9. The van der Waals surface area contributed by atoms with Crippen molar-refractivity contribution < 1.29 is 28.6 Å². The molecular formula is C68H120O6. The van der Waals surface area contributed by atoms with Crippen molar-refractivity contribution in [2.45, 2.75) is 329 Å². The molecule has 0 aliphatic carbocycles. The second-order valence-electron chi connectivity index (χ2n) is 21.3. The van der Waals surface area contributed by atoms with Gasteiger partial charge in [-0.15, -0.1) is 0 Å². The monoisotopic (exact) mass is 1030 g/mol. The molecule has 0 aliphatic rings. The third-order valence-corrected chi connectivity index (χ3v) is 13.9. The number of carbonyl (C=O) groups is 3. The molecule has 6 nitrogen and oxygen atoms in total. The summed E-state index contributed by atoms with van der Waals surface area (Å²) in [5.74, 6) is -0.887. The zero-order valence-electron chi connectivity index (χ0n) is 49.1. The van der Waals surface area contributed by atoms with E-state index < -0.39 is 6.10 Å². The van der Waals surface area contributed by atoms with Gasteiger partial charge in [0.05, 0.1) is 0 Å². The zero-order chi connectivity index (χ0) is 53.6. The first-order valence-corrected chi connectivity index (χ1v) is 31.9. The molecule has 0 fully saturated rings. The predicted molar refractivity (Wildman–Crippen MR) is 321 cm³/mol. The minimum atomic E-state index is -0.784. The van der Waals surface area contributed by atoms with Gasteiger partial charge in [-0.2, -0.15) is 0 Å². The second-order valence-corrected chi connectivity index (χ2v) is 21.3. The molecule has 0 aromatic rings. The van der Waals surface area contributed by atoms with Gasteiger partial charge in [0.25, 0.3) is 0 Å². The summed E-state index contributed by atoms with van der Waals surface area (Å²) in [6.45, 7) is 6.51. The largest absolute Gasteiger partial charge is 0.462 e. The fourth-order valence-electron chi connectivity index (χ4n) is 9.13. The summed E-state index contributed by atoms with van der Waals surface area (Å²) in [6.07, 6.45) is 80.6. The van der Waals surface area contributed by atoms with E-state index in [1.165, 1.54) is 186 Å². The van der Waals surface area contributed by atoms with Crippen molar-refractivity contribution in [1.29, 1.82) is 0 Å². The standard InChI is InChI=1S/C68H120O6/c1-4-7-10-13-16-19-22-25-27-29-30-31-32-33-34-35-36-37-38-40-41-43-46-49-52-55-58-61-67(70)73-64-65(63-72-66(69)60-57-54-51-48-45-24-21-18-15-12-9-6-3)74-68(71)62-59-56-53-50-47-44-42-39-28-26-23-20-17-14-11-8-5-2/h8,11,17-18,20-22,25-26,28-30,65H,4-7,9-10,12-16,19,23-24,27,31-64H2,1-3H3/b11-8-,20-17-,21-18-,25-22-,28-26-,30-29-. The maximum Gasteiger partial charge on any atom is 0.306 e. The van der Waals surface area contributed by atoms with E-state index in [-0.39, 0.29) is 31.1 Å². The average molecular weight is 1030 g/mol. The predicted octanol–water partition coefficient (Wildman–Crippen LogP) is 21.7. The molecule has 0 heterocycles. The van der Waals surface area contributed by atoms with Crippen molar-refractivity contribution in [2.75, 3.05) is 13.2 Å². The van der Waals surface area contributed by atoms with Gasteiger partial charge in [-0.25, -0.2) is 0 Å². The number of rotatable bonds is 58. The highest BCUT2D eigenvalue weighted by molar-refractivity contribution is 5.71. The molecule has 6 heteroatoms. The van der Waals surface area contributed by atoms with Gasteiger partial charge in [0.1, 0.15) is 13.2 Å². The molecule has 0 aromatic carbocycles. The van der Waals surface area contributed by atoms with Crippen LogP contribution in [0.1, 0.15) is 323 Å². The molecule has 0 aliphatic heterocycles. The molecule has 0 saturated heterocycles. The van der Waals surface area contributed by atoms with E-state index in [0.717, 1.165) is 96.3 Å². The molecule has 0 rings (SSSR count). The van der Waals surface area contributed by atoms with Crippen LogP contribution in [0.2, 0.25) is 0 Å². The van der Waals surface area contributed by atoms with Crippen LogP contribution in [-0.4, -0.2) is 37.2 Å². The third kappa shape index (κ3) is 59.7. The Morgan fingerprint density at radius 3 is 0.865 bits per heavy atom. The van der Waals surface area contributed by atoms with Gasteiger partial charge in [-0.1, -0.05) is 267 Å². The molecule has 0 saturated carbocycles. The fraction of sp³-hybridized carbons (Fsp3) is 0.779. The fourth-order valence-corrected chi connectivity index (χ4v) is 9.13. The number of hydrogen-bond donors (Lipinski definition) is 0. The molecule has 0 spiro atoms. The van der Waals surface area contributed by atoms with Crippen LogP contribution < -0.4 is 0 Å². The van der Waals surface area contributed by atoms with E-state index in [0.29, 0.717) is 19.3 Å². The zero-order valence-corrected chi connectivity index (χ0v) is 49.1. The van der Waals surface area contributed by atoms with E-state index in [4.69, 9.17) is 14.2 Å². The van der Waals surface area contributed by atoms with Crippen molar-refractivity contribution in [3.63, 3.8) is 0 Å². The van der Waals surface area contributed by atoms with Crippen LogP contribution in [0.25, 0.3) is 0 Å². The Morgan fingerprint density at radius 2 is 0.527 bits per heavy atom. The number of esters is 3. The quantitative estimate of drug-likeness (QED) is 0.0261. The van der Waals surface area contributed by atoms with E-state index >= 15 is 0 Å². The second kappa shape index (κ2) is 62.4. The van der Waals surface area contributed by atoms with Gasteiger partial charge in [-0.3, -0.25) is 14.4 Å². The normalized spacial score (nSPS) is 12.5. The SMILES string of the molecule is CC/C=C\C/C=C\C/C=C\CCCCCCCCCC(=O)OC(COC(=O)CCCCCCC/C=C\CCCCC)COC(=O)CCCCCCCCCCCCCCCCC/C=C\C/C=C\CCCCCCC. The average Bonchev–Trinajstić information content (AvgIpc) is 3.40. The van der Waals surface area contributed by atoms with Crippen molar-refractivity contribution in [2.24, 2.45) is 0 Å². The van der Waals surface area contributed by atoms with Crippen molar-refractivity contribution in [3.8, 4) is 0 Å². The van der Waals surface area contributed by atoms with E-state index in [9.17, 15) is 14.4 Å². The summed E-state index contributed by atoms with van der Waals surface area (Å²) in [7, 11) is 0. The van der Waals surface area contributed by atoms with E-state index in [1.54, 1.807) is 0 Å². The van der Waals surface area contributed by atoms with Gasteiger partial charge < -0.3 is 14.2 Å². The van der Waals surface area contributed by atoms with Crippen molar-refractivity contribution in [1.82, 2.24) is 0 Å². The smallest absolute Gasteiger partial charge is 0.306 e. The Balaban J connectivity index is 4.24. The first kappa shape index (κ1) is 70.8. The summed E-state index contributed by atoms with van der Waals surface area (Å²) in [5.41, 5.74) is 0. The lowest BCUT2D eigenvalue weighted by molar-refractivity contribution is -0.167. The lowest BCUT2D eigenvalue weighted by Crippen LogP contribution is -2.30. The van der Waals surface area contributed by atoms with Gasteiger partial charge in [0.15, 0.2) is 6.10 Å². The van der Waals surface area contributed by atoms with Gasteiger partial charge >= 0.3 is 17.9 Å². The summed E-state index contributed by atoms with van der Waals surface area (Å²) in [4.78, 5) is 38.2. The molecule has 0 aromatic heterocycles. The number of carbonyl (C=O) groups excluding carboxylic acids is 3. The minimum absolute atomic E-state index is 0.0803. The molecule has 0 radical (unpaired) electrons. The highest BCUT2D eigenvalue weighted by Gasteiger charge is 2.19. The Bertz CT molecular complexity index is 1370. The van der Waals surface area contributed by atoms with Gasteiger partial charge in [0.2, 0.25) is 0 Å². The summed E-state index contributed by atoms with van der Waals surface area (Å²) in [6, 6.07) is 0. The van der Waals surface area contributed by atoms with Crippen molar-refractivity contribution >= 4 is 17.9 Å². The van der Waals surface area contributed by atoms with Crippen LogP contribution in [-0.2, 0) is 28.6 Å². The van der Waals surface area contributed by atoms with Crippen molar-refractivity contribution in [3.05, 3.63) is 72.9 Å². The van der Waals surface area contributed by atoms with Crippen LogP contribution in [0.3, 0.4) is 0 Å². The Hall–Kier alpha value is -3.15. The maximum absolute atomic E-state index is 12.9. The molecule has 1 atom stereocenters. The first-order chi connectivity index (χ1) is 36.5. The Labute approximate surface area is 459 Å². The summed E-state index contributed by atoms with van der Waals surface area (Å²) in [5, 5.41) is 0. The molecule has 0 bridgehead atoms. The Morgan fingerprint density at radius 1 is 0.284 bits per heavy atom. The molecule has 1 unspecified atom stereocenters. The van der Waals surface area contributed by atoms with Crippen LogP contribution in [0.4, 0.5) is 0 Å². The lowest BCUT2D eigenvalue weighted by Gasteiger charge is -2.18. The van der Waals surface area contributed by atoms with Gasteiger partial charge in [-0.05, 0) is 109 Å². The van der Waals surface area contributed by atoms with Crippen LogP contribution in [0.15, 0.2) is 72.9 Å². The van der Waals surface area contributed by atoms with Gasteiger partial charge in [0, 0.05) is 19.3 Å². The summed E-state index contributed by atoms with van der Waals surface area (Å²) < 4.78 is 16.9. The highest BCUT2D eigenvalue weighted by atomic mass is 16.6. The lowest BCUT2D eigenvalue weighted by atomic mass is 10.0. The topological polar surface area (TPSA) is 78.9 Å². The highest BCUT2D eigenvalue weighted by Crippen LogP contribution is 2.17. The number of allylic oxidation sites excluding steroid dienone is 12. The number of hydrogen-bond acceptors (Lipinski definition) is 6. The van der Waals surface area contributed by atoms with Crippen LogP contribution >= 0.6 is 0 Å². The van der Waals surface area contributed by atoms with E-state index in [1.807, 2.05) is 0 Å². The first-order valence-electron chi connectivity index (χ1n) is 31.9.